The third kappa shape index (κ3) is 5.59. The Morgan fingerprint density at radius 3 is 2.81 bits per heavy atom. The number of pyridine rings is 1. The number of methoxy groups -OCH3 is 1. The fourth-order valence-electron chi connectivity index (χ4n) is 5.81. The molecule has 6 rings (SSSR count). The van der Waals surface area contributed by atoms with Gasteiger partial charge in [-0.3, -0.25) is 14.5 Å². The van der Waals surface area contributed by atoms with E-state index in [1.807, 2.05) is 80.1 Å². The molecule has 1 saturated heterocycles. The first-order valence-electron chi connectivity index (χ1n) is 14.0. The van der Waals surface area contributed by atoms with E-state index < -0.39 is 0 Å². The third-order valence-electron chi connectivity index (χ3n) is 7.72. The van der Waals surface area contributed by atoms with Gasteiger partial charge in [-0.15, -0.1) is 11.3 Å². The van der Waals surface area contributed by atoms with Gasteiger partial charge in [0.05, 0.1) is 19.3 Å². The Kier molecular flexibility index (Phi) is 7.41. The van der Waals surface area contributed by atoms with Crippen molar-refractivity contribution in [2.24, 2.45) is 7.05 Å². The first-order chi connectivity index (χ1) is 20.6. The molecule has 43 heavy (non-hydrogen) atoms. The summed E-state index contributed by atoms with van der Waals surface area (Å²) in [6.07, 6.45) is 5.89. The number of fused-ring (bicyclic) bond motifs is 2. The number of carbonyl (C=O) groups is 2. The van der Waals surface area contributed by atoms with Gasteiger partial charge in [0.15, 0.2) is 0 Å². The Balaban J connectivity index is 1.25. The second-order valence-corrected chi connectivity index (χ2v) is 12.4. The molecule has 0 saturated carbocycles. The van der Waals surface area contributed by atoms with E-state index in [9.17, 15) is 9.59 Å². The van der Waals surface area contributed by atoms with Crippen LogP contribution in [0, 0.1) is 0 Å². The zero-order chi connectivity index (χ0) is 30.3. The summed E-state index contributed by atoms with van der Waals surface area (Å²) < 4.78 is 8.61. The molecule has 1 aliphatic heterocycles. The number of piperazine rings is 1. The molecule has 0 radical (unpaired) electrons. The molecular weight excluding hydrogens is 560 g/mol. The van der Waals surface area contributed by atoms with E-state index in [0.717, 1.165) is 44.2 Å². The van der Waals surface area contributed by atoms with Crippen molar-refractivity contribution in [3.63, 3.8) is 0 Å². The van der Waals surface area contributed by atoms with Crippen molar-refractivity contribution >= 4 is 61.7 Å². The topological polar surface area (TPSA) is 115 Å². The molecule has 5 aromatic rings. The quantitative estimate of drug-likeness (QED) is 0.229. The summed E-state index contributed by atoms with van der Waals surface area (Å²) in [7, 11) is 3.47. The molecule has 0 spiro atoms. The maximum atomic E-state index is 13.2. The lowest BCUT2D eigenvalue weighted by atomic mass is 10.0. The van der Waals surface area contributed by atoms with Crippen LogP contribution >= 0.6 is 11.3 Å². The number of anilines is 2. The Morgan fingerprint density at radius 2 is 2.05 bits per heavy atom. The van der Waals surface area contributed by atoms with Crippen LogP contribution in [0.2, 0.25) is 0 Å². The Bertz CT molecular complexity index is 1900. The van der Waals surface area contributed by atoms with Gasteiger partial charge in [0, 0.05) is 64.0 Å². The highest BCUT2D eigenvalue weighted by Crippen LogP contribution is 2.41. The minimum Gasteiger partial charge on any atom is -0.495 e. The van der Waals surface area contributed by atoms with Crippen molar-refractivity contribution in [1.82, 2.24) is 19.8 Å². The molecule has 0 aliphatic carbocycles. The van der Waals surface area contributed by atoms with Gasteiger partial charge in [-0.2, -0.15) is 0 Å². The van der Waals surface area contributed by atoms with Gasteiger partial charge >= 0.3 is 0 Å². The zero-order valence-corrected chi connectivity index (χ0v) is 25.4. The van der Waals surface area contributed by atoms with Gasteiger partial charge in [0.2, 0.25) is 5.91 Å². The van der Waals surface area contributed by atoms with Crippen molar-refractivity contribution in [2.75, 3.05) is 37.8 Å². The third-order valence-corrected chi connectivity index (χ3v) is 8.75. The average molecular weight is 595 g/mol. The average Bonchev–Trinajstić information content (AvgIpc) is 3.56. The van der Waals surface area contributed by atoms with Crippen LogP contribution in [0.25, 0.3) is 38.2 Å². The van der Waals surface area contributed by atoms with Gasteiger partial charge < -0.3 is 25.7 Å². The van der Waals surface area contributed by atoms with Crippen molar-refractivity contribution in [3.05, 3.63) is 77.4 Å². The first-order valence-corrected chi connectivity index (χ1v) is 14.9. The number of benzene rings is 2. The monoisotopic (exact) mass is 594 g/mol. The Labute approximate surface area is 254 Å². The molecule has 220 valence electrons. The van der Waals surface area contributed by atoms with Crippen LogP contribution in [0.4, 0.5) is 11.5 Å². The first kappa shape index (κ1) is 28.4. The number of nitrogen functional groups attached to an aromatic ring is 1. The van der Waals surface area contributed by atoms with Gasteiger partial charge in [-0.25, -0.2) is 4.98 Å². The van der Waals surface area contributed by atoms with Gasteiger partial charge in [0.25, 0.3) is 5.91 Å². The Hall–Kier alpha value is -4.67. The smallest absolute Gasteiger partial charge is 0.272 e. The van der Waals surface area contributed by atoms with Crippen molar-refractivity contribution in [1.29, 1.82) is 0 Å². The minimum absolute atomic E-state index is 0.0404. The highest BCUT2D eigenvalue weighted by Gasteiger charge is 2.29. The molecule has 1 fully saturated rings. The number of nitrogens with two attached hydrogens (primary N) is 1. The summed E-state index contributed by atoms with van der Waals surface area (Å²) in [5.74, 6) is 0.813. The number of thiophene rings is 1. The lowest BCUT2D eigenvalue weighted by Crippen LogP contribution is -2.59. The highest BCUT2D eigenvalue weighted by atomic mass is 32.1. The van der Waals surface area contributed by atoms with Crippen LogP contribution in [0.1, 0.15) is 29.9 Å². The molecule has 4 N–H and O–H groups in total. The summed E-state index contributed by atoms with van der Waals surface area (Å²) in [6.45, 7) is 5.88. The lowest BCUT2D eigenvalue weighted by Gasteiger charge is -2.37. The molecule has 4 heterocycles. The number of hydrogen-bond acceptors (Lipinski definition) is 7. The molecule has 0 bridgehead atoms. The van der Waals surface area contributed by atoms with E-state index in [-0.39, 0.29) is 17.4 Å². The number of ether oxygens (including phenoxy) is 1. The standard InChI is InChI=1S/C33H34N6O3S/c1-33(2)19-39(17-28(40)37-33)13-7-9-22-16-35-31(34)29-23(18-43-30(22)29)20-11-12-24(27(15-20)42-4)36-32(41)26-14-21-8-5-6-10-25(21)38(26)3/h5-12,14-16,18H,13,17,19H2,1-4H3,(H2,34,35)(H,36,41)(H,37,40). The molecule has 10 heteroatoms. The van der Waals surface area contributed by atoms with Crippen LogP contribution in [0.15, 0.2) is 66.2 Å². The number of aryl methyl sites for hydroxylation is 1. The van der Waals surface area contributed by atoms with Crippen LogP contribution in [-0.4, -0.2) is 58.5 Å². The summed E-state index contributed by atoms with van der Waals surface area (Å²) in [4.78, 5) is 31.9. The summed E-state index contributed by atoms with van der Waals surface area (Å²) in [5, 5.41) is 9.98. The number of rotatable bonds is 7. The number of para-hydroxylation sites is 1. The Morgan fingerprint density at radius 1 is 1.23 bits per heavy atom. The lowest BCUT2D eigenvalue weighted by molar-refractivity contribution is -0.127. The fourth-order valence-corrected chi connectivity index (χ4v) is 6.88. The SMILES string of the molecule is COc1cc(-c2csc3c(C=CCN4CC(=O)NC(C)(C)C4)cnc(N)c23)ccc1NC(=O)c1cc2ccccc2n1C. The maximum absolute atomic E-state index is 13.2. The minimum atomic E-state index is -0.253. The largest absolute Gasteiger partial charge is 0.495 e. The zero-order valence-electron chi connectivity index (χ0n) is 24.6. The summed E-state index contributed by atoms with van der Waals surface area (Å²) >= 11 is 1.60. The molecule has 0 unspecified atom stereocenters. The van der Waals surface area contributed by atoms with E-state index in [1.54, 1.807) is 24.6 Å². The number of aromatic nitrogens is 2. The molecule has 0 atom stereocenters. The van der Waals surface area contributed by atoms with Gasteiger partial charge in [-0.05, 0) is 49.1 Å². The van der Waals surface area contributed by atoms with E-state index in [4.69, 9.17) is 10.5 Å². The van der Waals surface area contributed by atoms with E-state index in [2.05, 4.69) is 32.0 Å². The summed E-state index contributed by atoms with van der Waals surface area (Å²) in [5.41, 5.74) is 11.1. The second kappa shape index (κ2) is 11.2. The molecule has 3 aromatic heterocycles. The second-order valence-electron chi connectivity index (χ2n) is 11.5. The number of nitrogens with one attached hydrogen (secondary N) is 2. The molecule has 1 aliphatic rings. The summed E-state index contributed by atoms with van der Waals surface area (Å²) in [6, 6.07) is 15.5. The van der Waals surface area contributed by atoms with Crippen LogP contribution in [-0.2, 0) is 11.8 Å². The fraction of sp³-hybridized carbons (Fsp3) is 0.242. The molecule has 2 aromatic carbocycles. The molecular formula is C33H34N6O3S. The van der Waals surface area contributed by atoms with Crippen LogP contribution < -0.4 is 21.1 Å². The van der Waals surface area contributed by atoms with Gasteiger partial charge in [0.1, 0.15) is 17.3 Å². The van der Waals surface area contributed by atoms with Crippen molar-refractivity contribution in [2.45, 2.75) is 19.4 Å². The number of carbonyl (C=O) groups excluding carboxylic acids is 2. The van der Waals surface area contributed by atoms with E-state index >= 15 is 0 Å². The van der Waals surface area contributed by atoms with Crippen LogP contribution in [0.3, 0.4) is 0 Å². The van der Waals surface area contributed by atoms with Crippen molar-refractivity contribution in [3.8, 4) is 16.9 Å². The molecule has 9 nitrogen and oxygen atoms in total. The normalized spacial score (nSPS) is 15.3. The van der Waals surface area contributed by atoms with E-state index in [1.165, 1.54) is 0 Å². The van der Waals surface area contributed by atoms with Crippen molar-refractivity contribution < 1.29 is 14.3 Å². The van der Waals surface area contributed by atoms with Gasteiger partial charge in [-0.1, -0.05) is 36.4 Å². The number of hydrogen-bond donors (Lipinski definition) is 3. The predicted molar refractivity (Wildman–Crippen MR) is 175 cm³/mol. The predicted octanol–water partition coefficient (Wildman–Crippen LogP) is 5.52. The highest BCUT2D eigenvalue weighted by molar-refractivity contribution is 7.18. The maximum Gasteiger partial charge on any atom is 0.272 e. The van der Waals surface area contributed by atoms with E-state index in [0.29, 0.717) is 36.0 Å². The van der Waals surface area contributed by atoms with Crippen LogP contribution in [0.5, 0.6) is 5.75 Å². The molecule has 2 amide bonds. The number of nitrogens with zero attached hydrogens (tertiary/aromatic N) is 3. The number of amides is 2.